The van der Waals surface area contributed by atoms with Crippen LogP contribution < -0.4 is 5.32 Å². The largest absolute Gasteiger partial charge is 0.383 e. The summed E-state index contributed by atoms with van der Waals surface area (Å²) in [6.45, 7) is 3.98. The monoisotopic (exact) mass is 203 g/mol. The van der Waals surface area contributed by atoms with Gasteiger partial charge in [0.25, 0.3) is 0 Å². The molecule has 0 fully saturated rings. The molecule has 0 aliphatic rings. The lowest BCUT2D eigenvalue weighted by molar-refractivity contribution is 0.146. The molecule has 0 rings (SSSR count). The number of methoxy groups -OCH3 is 1. The summed E-state index contributed by atoms with van der Waals surface area (Å²) in [6, 6.07) is 0.423. The van der Waals surface area contributed by atoms with Crippen molar-refractivity contribution in [1.29, 1.82) is 0 Å². The Bertz CT molecular complexity index is 131. The Kier molecular flexibility index (Phi) is 8.08. The molecule has 0 aliphatic heterocycles. The van der Waals surface area contributed by atoms with Crippen molar-refractivity contribution in [1.82, 2.24) is 15.1 Å². The summed E-state index contributed by atoms with van der Waals surface area (Å²) in [6.07, 6.45) is 0. The molecule has 4 heteroatoms. The lowest BCUT2D eigenvalue weighted by Crippen LogP contribution is -2.42. The molecule has 0 heterocycles. The van der Waals surface area contributed by atoms with Gasteiger partial charge in [-0.2, -0.15) is 0 Å². The zero-order valence-corrected chi connectivity index (χ0v) is 10.2. The van der Waals surface area contributed by atoms with Gasteiger partial charge < -0.3 is 19.9 Å². The van der Waals surface area contributed by atoms with Gasteiger partial charge in [-0.1, -0.05) is 0 Å². The van der Waals surface area contributed by atoms with Gasteiger partial charge in [-0.3, -0.25) is 0 Å². The van der Waals surface area contributed by atoms with E-state index in [0.717, 1.165) is 26.2 Å². The second kappa shape index (κ2) is 8.17. The van der Waals surface area contributed by atoms with Crippen molar-refractivity contribution in [2.75, 3.05) is 61.5 Å². The van der Waals surface area contributed by atoms with Crippen LogP contribution in [-0.4, -0.2) is 77.4 Å². The van der Waals surface area contributed by atoms with Gasteiger partial charge in [0.05, 0.1) is 6.61 Å². The molecule has 14 heavy (non-hydrogen) atoms. The van der Waals surface area contributed by atoms with Crippen molar-refractivity contribution >= 4 is 0 Å². The first-order chi connectivity index (χ1) is 6.60. The molecule has 0 aliphatic carbocycles. The number of nitrogens with zero attached hydrogens (tertiary/aromatic N) is 2. The molecule has 0 spiro atoms. The molecular formula is C10H25N3O. The van der Waals surface area contributed by atoms with Crippen LogP contribution in [0.1, 0.15) is 0 Å². The van der Waals surface area contributed by atoms with Gasteiger partial charge in [0, 0.05) is 32.8 Å². The third kappa shape index (κ3) is 7.26. The summed E-state index contributed by atoms with van der Waals surface area (Å²) in [4.78, 5) is 4.52. The quantitative estimate of drug-likeness (QED) is 0.587. The predicted molar refractivity (Wildman–Crippen MR) is 60.8 cm³/mol. The molecule has 1 N–H and O–H groups in total. The van der Waals surface area contributed by atoms with Crippen molar-refractivity contribution in [2.24, 2.45) is 0 Å². The van der Waals surface area contributed by atoms with Gasteiger partial charge >= 0.3 is 0 Å². The minimum absolute atomic E-state index is 0.423. The van der Waals surface area contributed by atoms with Crippen molar-refractivity contribution in [3.8, 4) is 0 Å². The average molecular weight is 203 g/mol. The number of hydrogen-bond donors (Lipinski definition) is 1. The summed E-state index contributed by atoms with van der Waals surface area (Å²) in [7, 11) is 10.0. The first kappa shape index (κ1) is 13.8. The van der Waals surface area contributed by atoms with Crippen LogP contribution in [-0.2, 0) is 4.74 Å². The van der Waals surface area contributed by atoms with E-state index in [0.29, 0.717) is 6.04 Å². The number of nitrogens with one attached hydrogen (secondary N) is 1. The van der Waals surface area contributed by atoms with E-state index in [1.54, 1.807) is 7.11 Å². The third-order valence-electron chi connectivity index (χ3n) is 2.24. The van der Waals surface area contributed by atoms with Crippen LogP contribution in [0.4, 0.5) is 0 Å². The molecule has 86 valence electrons. The van der Waals surface area contributed by atoms with Crippen molar-refractivity contribution < 1.29 is 4.74 Å². The van der Waals surface area contributed by atoms with E-state index in [2.05, 4.69) is 36.3 Å². The van der Waals surface area contributed by atoms with Crippen molar-refractivity contribution in [2.45, 2.75) is 6.04 Å². The van der Waals surface area contributed by atoms with Crippen LogP contribution in [0.2, 0.25) is 0 Å². The lowest BCUT2D eigenvalue weighted by atomic mass is 10.3. The zero-order valence-electron chi connectivity index (χ0n) is 10.2. The molecular weight excluding hydrogens is 178 g/mol. The van der Waals surface area contributed by atoms with Gasteiger partial charge in [-0.25, -0.2) is 0 Å². The first-order valence-corrected chi connectivity index (χ1v) is 5.09. The Morgan fingerprint density at radius 1 is 1.21 bits per heavy atom. The maximum absolute atomic E-state index is 5.12. The SMILES string of the molecule is CNC(COC)CN(C)CCN(C)C. The molecule has 1 unspecified atom stereocenters. The highest BCUT2D eigenvalue weighted by Crippen LogP contribution is 1.90. The molecule has 1 atom stereocenters. The fourth-order valence-electron chi connectivity index (χ4n) is 1.27. The molecule has 0 saturated heterocycles. The molecule has 0 amide bonds. The molecule has 0 aromatic heterocycles. The Labute approximate surface area is 88.2 Å². The summed E-state index contributed by atoms with van der Waals surface area (Å²) >= 11 is 0. The molecule has 0 bridgehead atoms. The van der Waals surface area contributed by atoms with E-state index >= 15 is 0 Å². The molecule has 4 nitrogen and oxygen atoms in total. The second-order valence-electron chi connectivity index (χ2n) is 4.01. The Morgan fingerprint density at radius 2 is 1.86 bits per heavy atom. The van der Waals surface area contributed by atoms with E-state index in [1.165, 1.54) is 0 Å². The van der Waals surface area contributed by atoms with E-state index in [1.807, 2.05) is 7.05 Å². The molecule has 0 aromatic carbocycles. The van der Waals surface area contributed by atoms with Crippen LogP contribution in [0.15, 0.2) is 0 Å². The van der Waals surface area contributed by atoms with Gasteiger partial charge in [-0.05, 0) is 28.2 Å². The van der Waals surface area contributed by atoms with Crippen LogP contribution >= 0.6 is 0 Å². The van der Waals surface area contributed by atoms with Gasteiger partial charge in [0.2, 0.25) is 0 Å². The number of likely N-dealkylation sites (N-methyl/N-ethyl adjacent to an activating group) is 3. The third-order valence-corrected chi connectivity index (χ3v) is 2.24. The van der Waals surface area contributed by atoms with Crippen LogP contribution in [0.25, 0.3) is 0 Å². The summed E-state index contributed by atoms with van der Waals surface area (Å²) < 4.78 is 5.12. The molecule has 0 aromatic rings. The van der Waals surface area contributed by atoms with Gasteiger partial charge in [0.1, 0.15) is 0 Å². The fraction of sp³-hybridized carbons (Fsp3) is 1.00. The second-order valence-corrected chi connectivity index (χ2v) is 4.01. The lowest BCUT2D eigenvalue weighted by Gasteiger charge is -2.24. The minimum Gasteiger partial charge on any atom is -0.383 e. The average Bonchev–Trinajstić information content (AvgIpc) is 2.14. The molecule has 0 saturated carbocycles. The number of hydrogen-bond acceptors (Lipinski definition) is 4. The van der Waals surface area contributed by atoms with Crippen molar-refractivity contribution in [3.05, 3.63) is 0 Å². The van der Waals surface area contributed by atoms with Crippen LogP contribution in [0.5, 0.6) is 0 Å². The van der Waals surface area contributed by atoms with Crippen molar-refractivity contribution in [3.63, 3.8) is 0 Å². The van der Waals surface area contributed by atoms with E-state index in [9.17, 15) is 0 Å². The maximum Gasteiger partial charge on any atom is 0.0628 e. The summed E-state index contributed by atoms with van der Waals surface area (Å²) in [5.41, 5.74) is 0. The maximum atomic E-state index is 5.12. The highest BCUT2D eigenvalue weighted by molar-refractivity contribution is 4.68. The number of rotatable bonds is 8. The van der Waals surface area contributed by atoms with Gasteiger partial charge in [0.15, 0.2) is 0 Å². The van der Waals surface area contributed by atoms with Crippen LogP contribution in [0.3, 0.4) is 0 Å². The van der Waals surface area contributed by atoms with E-state index in [-0.39, 0.29) is 0 Å². The van der Waals surface area contributed by atoms with Crippen LogP contribution in [0, 0.1) is 0 Å². The minimum atomic E-state index is 0.423. The van der Waals surface area contributed by atoms with Gasteiger partial charge in [-0.15, -0.1) is 0 Å². The smallest absolute Gasteiger partial charge is 0.0628 e. The summed E-state index contributed by atoms with van der Waals surface area (Å²) in [5, 5.41) is 3.24. The predicted octanol–water partition coefficient (Wildman–Crippen LogP) is -0.286. The highest BCUT2D eigenvalue weighted by Gasteiger charge is 2.08. The van der Waals surface area contributed by atoms with E-state index in [4.69, 9.17) is 4.74 Å². The Morgan fingerprint density at radius 3 is 2.29 bits per heavy atom. The standard InChI is InChI=1S/C10H25N3O/c1-11-10(9-14-5)8-13(4)7-6-12(2)3/h10-11H,6-9H2,1-5H3. The topological polar surface area (TPSA) is 27.7 Å². The summed E-state index contributed by atoms with van der Waals surface area (Å²) in [5.74, 6) is 0. The number of ether oxygens (including phenoxy) is 1. The zero-order chi connectivity index (χ0) is 11.0. The highest BCUT2D eigenvalue weighted by atomic mass is 16.5. The first-order valence-electron chi connectivity index (χ1n) is 5.09. The molecule has 0 radical (unpaired) electrons. The van der Waals surface area contributed by atoms with E-state index < -0.39 is 0 Å². The normalized spacial score (nSPS) is 13.9. The Hall–Kier alpha value is -0.160. The fourth-order valence-corrected chi connectivity index (χ4v) is 1.27. The Balaban J connectivity index is 3.61.